The average molecular weight is 268 g/mol. The third kappa shape index (κ3) is 4.62. The molecule has 0 bridgehead atoms. The van der Waals surface area contributed by atoms with Crippen LogP contribution in [0, 0.1) is 0 Å². The van der Waals surface area contributed by atoms with Crippen LogP contribution < -0.4 is 0 Å². The lowest BCUT2D eigenvalue weighted by molar-refractivity contribution is -0.130. The number of aliphatic hydroxyl groups is 1. The zero-order valence-electron chi connectivity index (χ0n) is 12.6. The van der Waals surface area contributed by atoms with Gasteiger partial charge in [-0.1, -0.05) is 19.9 Å². The topological polar surface area (TPSA) is 43.8 Å². The molecule has 1 rings (SSSR count). The van der Waals surface area contributed by atoms with Crippen LogP contribution >= 0.6 is 0 Å². The molecule has 0 fully saturated rings. The van der Waals surface area contributed by atoms with Gasteiger partial charge < -0.3 is 10.0 Å². The van der Waals surface area contributed by atoms with Gasteiger partial charge in [-0.05, 0) is 32.1 Å². The smallest absolute Gasteiger partial charge is 0.240 e. The lowest BCUT2D eigenvalue weighted by Crippen LogP contribution is -2.44. The van der Waals surface area contributed by atoms with E-state index < -0.39 is 0 Å². The van der Waals surface area contributed by atoms with Gasteiger partial charge in [-0.3, -0.25) is 9.69 Å². The van der Waals surface area contributed by atoms with Crippen molar-refractivity contribution in [2.45, 2.75) is 52.0 Å². The van der Waals surface area contributed by atoms with Crippen molar-refractivity contribution < 1.29 is 9.90 Å². The number of allylic oxidation sites excluding steroid dienone is 2. The predicted octanol–water partition coefficient (Wildman–Crippen LogP) is 2.00. The molecule has 0 saturated heterocycles. The summed E-state index contributed by atoms with van der Waals surface area (Å²) in [6, 6.07) is 0.377. The van der Waals surface area contributed by atoms with E-state index in [9.17, 15) is 4.79 Å². The summed E-state index contributed by atoms with van der Waals surface area (Å²) in [6.07, 6.45) is 7.42. The summed E-state index contributed by atoms with van der Waals surface area (Å²) in [5.74, 6) is 0.133. The number of carbonyl (C=O) groups excluding carboxylic acids is 1. The Morgan fingerprint density at radius 1 is 1.42 bits per heavy atom. The maximum Gasteiger partial charge on any atom is 0.240 e. The fourth-order valence-electron chi connectivity index (χ4n) is 2.72. The first-order valence-corrected chi connectivity index (χ1v) is 7.44. The summed E-state index contributed by atoms with van der Waals surface area (Å²) in [5.41, 5.74) is 1.15. The minimum absolute atomic E-state index is 0.107. The normalized spacial score (nSPS) is 15.2. The lowest BCUT2D eigenvalue weighted by Gasteiger charge is -2.31. The number of rotatable bonds is 8. The molecule has 1 N–H and O–H groups in total. The van der Waals surface area contributed by atoms with Crippen molar-refractivity contribution in [3.8, 4) is 0 Å². The molecular formula is C15H28N2O2. The van der Waals surface area contributed by atoms with Crippen LogP contribution in [-0.2, 0) is 4.79 Å². The summed E-state index contributed by atoms with van der Waals surface area (Å²) in [7, 11) is 1.86. The van der Waals surface area contributed by atoms with Gasteiger partial charge in [-0.25, -0.2) is 0 Å². The highest BCUT2D eigenvalue weighted by atomic mass is 16.3. The van der Waals surface area contributed by atoms with E-state index in [0.717, 1.165) is 37.8 Å². The molecule has 0 spiro atoms. The van der Waals surface area contributed by atoms with Gasteiger partial charge >= 0.3 is 0 Å². The van der Waals surface area contributed by atoms with E-state index in [2.05, 4.69) is 24.8 Å². The number of aliphatic hydroxyl groups excluding tert-OH is 1. The van der Waals surface area contributed by atoms with Crippen molar-refractivity contribution >= 4 is 5.91 Å². The Morgan fingerprint density at radius 3 is 2.58 bits per heavy atom. The molecule has 4 nitrogen and oxygen atoms in total. The van der Waals surface area contributed by atoms with E-state index in [1.54, 1.807) is 4.90 Å². The first-order chi connectivity index (χ1) is 9.13. The molecule has 1 amide bonds. The standard InChI is InChI=1S/C15H28N2O2/c1-4-13(5-2)17(10-11-18)12-15(19)16(3)14-8-6-7-9-14/h8,13,18H,4-7,9-12H2,1-3H3. The minimum Gasteiger partial charge on any atom is -0.395 e. The highest BCUT2D eigenvalue weighted by Gasteiger charge is 2.22. The molecule has 0 aliphatic heterocycles. The Balaban J connectivity index is 2.59. The minimum atomic E-state index is 0.107. The molecule has 0 aromatic rings. The van der Waals surface area contributed by atoms with E-state index in [0.29, 0.717) is 19.1 Å². The second-order valence-electron chi connectivity index (χ2n) is 5.20. The first-order valence-electron chi connectivity index (χ1n) is 7.44. The van der Waals surface area contributed by atoms with E-state index in [4.69, 9.17) is 5.11 Å². The third-order valence-corrected chi connectivity index (χ3v) is 4.01. The van der Waals surface area contributed by atoms with Crippen molar-refractivity contribution in [3.63, 3.8) is 0 Å². The summed E-state index contributed by atoms with van der Waals surface area (Å²) in [6.45, 7) is 5.35. The summed E-state index contributed by atoms with van der Waals surface area (Å²) in [4.78, 5) is 16.2. The van der Waals surface area contributed by atoms with E-state index in [-0.39, 0.29) is 12.5 Å². The number of carbonyl (C=O) groups is 1. The second kappa shape index (κ2) is 8.33. The quantitative estimate of drug-likeness (QED) is 0.732. The van der Waals surface area contributed by atoms with Crippen LogP contribution in [-0.4, -0.2) is 53.6 Å². The van der Waals surface area contributed by atoms with Gasteiger partial charge in [0.25, 0.3) is 0 Å². The maximum atomic E-state index is 12.3. The lowest BCUT2D eigenvalue weighted by atomic mass is 10.1. The number of likely N-dealkylation sites (N-methyl/N-ethyl adjacent to an activating group) is 1. The Hall–Kier alpha value is -0.870. The average Bonchev–Trinajstić information content (AvgIpc) is 2.93. The number of hydrogen-bond donors (Lipinski definition) is 1. The predicted molar refractivity (Wildman–Crippen MR) is 77.7 cm³/mol. The fraction of sp³-hybridized carbons (Fsp3) is 0.800. The molecule has 0 unspecified atom stereocenters. The highest BCUT2D eigenvalue weighted by molar-refractivity contribution is 5.79. The van der Waals surface area contributed by atoms with Crippen LogP contribution in [0.1, 0.15) is 46.0 Å². The van der Waals surface area contributed by atoms with Crippen molar-refractivity contribution in [2.24, 2.45) is 0 Å². The number of nitrogens with zero attached hydrogens (tertiary/aromatic N) is 2. The molecule has 110 valence electrons. The molecule has 0 atom stereocenters. The van der Waals surface area contributed by atoms with Gasteiger partial charge in [0.05, 0.1) is 13.2 Å². The molecule has 0 heterocycles. The molecule has 0 aromatic carbocycles. The van der Waals surface area contributed by atoms with E-state index in [1.165, 1.54) is 0 Å². The van der Waals surface area contributed by atoms with Gasteiger partial charge in [0.1, 0.15) is 0 Å². The van der Waals surface area contributed by atoms with Gasteiger partial charge in [-0.2, -0.15) is 0 Å². The first kappa shape index (κ1) is 16.2. The molecular weight excluding hydrogens is 240 g/mol. The van der Waals surface area contributed by atoms with Crippen molar-refractivity contribution in [1.29, 1.82) is 0 Å². The number of hydrogen-bond acceptors (Lipinski definition) is 3. The molecule has 1 aliphatic carbocycles. The Morgan fingerprint density at radius 2 is 2.11 bits per heavy atom. The largest absolute Gasteiger partial charge is 0.395 e. The van der Waals surface area contributed by atoms with Crippen molar-refractivity contribution in [2.75, 3.05) is 26.7 Å². The summed E-state index contributed by atoms with van der Waals surface area (Å²) < 4.78 is 0. The second-order valence-corrected chi connectivity index (χ2v) is 5.20. The summed E-state index contributed by atoms with van der Waals surface area (Å²) in [5, 5.41) is 9.16. The summed E-state index contributed by atoms with van der Waals surface area (Å²) >= 11 is 0. The van der Waals surface area contributed by atoms with Crippen molar-refractivity contribution in [3.05, 3.63) is 11.8 Å². The zero-order valence-corrected chi connectivity index (χ0v) is 12.6. The van der Waals surface area contributed by atoms with Gasteiger partial charge in [0, 0.05) is 25.3 Å². The van der Waals surface area contributed by atoms with Crippen LogP contribution in [0.15, 0.2) is 11.8 Å². The van der Waals surface area contributed by atoms with Crippen molar-refractivity contribution in [1.82, 2.24) is 9.80 Å². The Bertz CT molecular complexity index is 311. The SMILES string of the molecule is CCC(CC)N(CCO)CC(=O)N(C)C1=CCCC1. The molecule has 4 heteroatoms. The van der Waals surface area contributed by atoms with Crippen LogP contribution in [0.4, 0.5) is 0 Å². The van der Waals surface area contributed by atoms with Gasteiger partial charge in [-0.15, -0.1) is 0 Å². The monoisotopic (exact) mass is 268 g/mol. The molecule has 1 aliphatic rings. The molecule has 0 aromatic heterocycles. The van der Waals surface area contributed by atoms with Crippen LogP contribution in [0.5, 0.6) is 0 Å². The molecule has 19 heavy (non-hydrogen) atoms. The maximum absolute atomic E-state index is 12.3. The Kier molecular flexibility index (Phi) is 7.10. The number of amides is 1. The molecule has 0 radical (unpaired) electrons. The third-order valence-electron chi connectivity index (χ3n) is 4.01. The van der Waals surface area contributed by atoms with Crippen LogP contribution in [0.2, 0.25) is 0 Å². The van der Waals surface area contributed by atoms with Gasteiger partial charge in [0.2, 0.25) is 5.91 Å². The van der Waals surface area contributed by atoms with E-state index >= 15 is 0 Å². The zero-order chi connectivity index (χ0) is 14.3. The van der Waals surface area contributed by atoms with Crippen LogP contribution in [0.3, 0.4) is 0 Å². The fourth-order valence-corrected chi connectivity index (χ4v) is 2.72. The molecule has 0 saturated carbocycles. The van der Waals surface area contributed by atoms with Crippen LogP contribution in [0.25, 0.3) is 0 Å². The highest BCUT2D eigenvalue weighted by Crippen LogP contribution is 2.20. The van der Waals surface area contributed by atoms with E-state index in [1.807, 2.05) is 7.05 Å². The van der Waals surface area contributed by atoms with Gasteiger partial charge in [0.15, 0.2) is 0 Å². The Labute approximate surface area is 117 Å².